The fourth-order valence-corrected chi connectivity index (χ4v) is 5.89. The van der Waals surface area contributed by atoms with Crippen molar-refractivity contribution in [2.75, 3.05) is 31.1 Å². The van der Waals surface area contributed by atoms with Crippen molar-refractivity contribution in [3.05, 3.63) is 38.9 Å². The first-order valence-electron chi connectivity index (χ1n) is 10.8. The third kappa shape index (κ3) is 4.79. The van der Waals surface area contributed by atoms with Gasteiger partial charge in [0.25, 0.3) is 5.56 Å². The van der Waals surface area contributed by atoms with Crippen molar-refractivity contribution in [3.8, 4) is 5.88 Å². The second-order valence-electron chi connectivity index (χ2n) is 8.09. The molecule has 32 heavy (non-hydrogen) atoms. The summed E-state index contributed by atoms with van der Waals surface area (Å²) in [5, 5.41) is 10.1. The molecule has 0 amide bonds. The largest absolute Gasteiger partial charge is 0.494 e. The van der Waals surface area contributed by atoms with Crippen LogP contribution in [0.3, 0.4) is 0 Å². The molecule has 0 aliphatic carbocycles. The Hall–Kier alpha value is -2.50. The Bertz CT molecular complexity index is 1220. The number of nitrogens with zero attached hydrogens (tertiary/aromatic N) is 3. The second-order valence-corrected chi connectivity index (χ2v) is 10.4. The highest BCUT2D eigenvalue weighted by Gasteiger charge is 2.27. The van der Waals surface area contributed by atoms with Crippen LogP contribution < -0.4 is 10.5 Å². The van der Waals surface area contributed by atoms with Crippen LogP contribution in [0.25, 0.3) is 0 Å². The average molecular weight is 478 g/mol. The minimum absolute atomic E-state index is 0.00766. The number of hydrogen-bond acceptors (Lipinski definition) is 7. The summed E-state index contributed by atoms with van der Waals surface area (Å²) in [6, 6.07) is 4.98. The molecule has 0 spiro atoms. The normalized spacial score (nSPS) is 18.3. The molecule has 1 aromatic heterocycles. The van der Waals surface area contributed by atoms with Gasteiger partial charge in [-0.15, -0.1) is 0 Å². The van der Waals surface area contributed by atoms with Gasteiger partial charge in [0.15, 0.2) is 4.77 Å². The van der Waals surface area contributed by atoms with Gasteiger partial charge in [-0.2, -0.15) is 4.31 Å². The molecule has 0 bridgehead atoms. The predicted molar refractivity (Wildman–Crippen MR) is 126 cm³/mol. The van der Waals surface area contributed by atoms with Crippen molar-refractivity contribution in [1.29, 1.82) is 0 Å². The lowest BCUT2D eigenvalue weighted by molar-refractivity contribution is 0.346. The molecule has 0 saturated carbocycles. The van der Waals surface area contributed by atoms with E-state index in [-0.39, 0.29) is 21.1 Å². The number of aliphatic imine (C=N–C) groups is 1. The molecule has 0 atom stereocenters. The first-order chi connectivity index (χ1) is 15.4. The maximum absolute atomic E-state index is 13.2. The van der Waals surface area contributed by atoms with Crippen molar-refractivity contribution in [2.24, 2.45) is 4.99 Å². The van der Waals surface area contributed by atoms with Gasteiger partial charge in [-0.3, -0.25) is 14.8 Å². The van der Waals surface area contributed by atoms with Crippen LogP contribution in [-0.4, -0.2) is 60.2 Å². The van der Waals surface area contributed by atoms with Gasteiger partial charge in [0.05, 0.1) is 16.3 Å². The maximum atomic E-state index is 13.2. The smallest absolute Gasteiger partial charge is 0.264 e. The van der Waals surface area contributed by atoms with E-state index in [1.165, 1.54) is 10.5 Å². The van der Waals surface area contributed by atoms with E-state index in [1.807, 2.05) is 0 Å². The fraction of sp³-hybridized carbons (Fsp3) is 0.476. The highest BCUT2D eigenvalue weighted by atomic mass is 32.2. The van der Waals surface area contributed by atoms with Gasteiger partial charge < -0.3 is 15.0 Å². The lowest BCUT2D eigenvalue weighted by Gasteiger charge is -2.30. The summed E-state index contributed by atoms with van der Waals surface area (Å²) in [4.78, 5) is 23.9. The van der Waals surface area contributed by atoms with Crippen LogP contribution >= 0.6 is 12.2 Å². The molecule has 4 rings (SSSR count). The lowest BCUT2D eigenvalue weighted by atomic mass is 10.1. The summed E-state index contributed by atoms with van der Waals surface area (Å²) >= 11 is 4.86. The molecule has 1 aromatic carbocycles. The molecule has 9 nitrogen and oxygen atoms in total. The summed E-state index contributed by atoms with van der Waals surface area (Å²) in [5.74, 6) is -0.390. The Morgan fingerprint density at radius 3 is 2.31 bits per heavy atom. The van der Waals surface area contributed by atoms with E-state index in [2.05, 4.69) is 19.9 Å². The Morgan fingerprint density at radius 2 is 1.66 bits per heavy atom. The molecule has 2 aliphatic rings. The number of benzene rings is 1. The lowest BCUT2D eigenvalue weighted by Crippen LogP contribution is -2.35. The van der Waals surface area contributed by atoms with Crippen molar-refractivity contribution < 1.29 is 13.5 Å². The van der Waals surface area contributed by atoms with Gasteiger partial charge in [-0.25, -0.2) is 8.42 Å². The van der Waals surface area contributed by atoms with Gasteiger partial charge in [-0.05, 0) is 62.5 Å². The number of aromatic nitrogens is 2. The first kappa shape index (κ1) is 22.7. The fourth-order valence-electron chi connectivity index (χ4n) is 4.16. The van der Waals surface area contributed by atoms with E-state index in [4.69, 9.17) is 12.2 Å². The van der Waals surface area contributed by atoms with Crippen molar-refractivity contribution >= 4 is 39.8 Å². The van der Waals surface area contributed by atoms with Crippen LogP contribution in [-0.2, 0) is 10.0 Å². The number of rotatable bonds is 5. The first-order valence-corrected chi connectivity index (χ1v) is 12.7. The number of nitrogens with one attached hydrogen (secondary N) is 2. The summed E-state index contributed by atoms with van der Waals surface area (Å²) in [6.45, 7) is 2.73. The van der Waals surface area contributed by atoms with Gasteiger partial charge >= 0.3 is 0 Å². The molecule has 11 heteroatoms. The van der Waals surface area contributed by atoms with Gasteiger partial charge in [0.2, 0.25) is 15.9 Å². The van der Waals surface area contributed by atoms with Crippen LogP contribution in [0.4, 0.5) is 11.4 Å². The molecule has 172 valence electrons. The summed E-state index contributed by atoms with van der Waals surface area (Å²) in [5.41, 5.74) is 0.587. The minimum Gasteiger partial charge on any atom is -0.494 e. The average Bonchev–Trinajstić information content (AvgIpc) is 2.79. The molecule has 2 saturated heterocycles. The standard InChI is InChI=1S/C21H27N5O4S2/c27-19-16(20(28)24-21(31)23-19)14-22-17-13-15(32(29,30)26-11-5-2-6-12-26)7-8-18(17)25-9-3-1-4-10-25/h7-8,13-14H,1-6,9-12H2,(H3,23,24,27,28,31). The summed E-state index contributed by atoms with van der Waals surface area (Å²) in [6.07, 6.45) is 7.23. The molecule has 3 heterocycles. The van der Waals surface area contributed by atoms with Crippen molar-refractivity contribution in [2.45, 2.75) is 43.4 Å². The predicted octanol–water partition coefficient (Wildman–Crippen LogP) is 3.05. The molecule has 0 unspecified atom stereocenters. The van der Waals surface area contributed by atoms with Crippen molar-refractivity contribution in [1.82, 2.24) is 14.3 Å². The van der Waals surface area contributed by atoms with Gasteiger partial charge in [0, 0.05) is 32.4 Å². The van der Waals surface area contributed by atoms with E-state index in [0.717, 1.165) is 57.3 Å². The Morgan fingerprint density at radius 1 is 1.00 bits per heavy atom. The number of aromatic hydroxyl groups is 1. The number of H-pyrrole nitrogens is 2. The molecule has 2 aliphatic heterocycles. The second kappa shape index (κ2) is 9.55. The monoisotopic (exact) mass is 477 g/mol. The van der Waals surface area contributed by atoms with Gasteiger partial charge in [0.1, 0.15) is 5.56 Å². The maximum Gasteiger partial charge on any atom is 0.264 e. The van der Waals surface area contributed by atoms with Crippen LogP contribution in [0, 0.1) is 4.77 Å². The van der Waals surface area contributed by atoms with Crippen LogP contribution in [0.15, 0.2) is 32.9 Å². The third-order valence-corrected chi connectivity index (χ3v) is 7.99. The summed E-state index contributed by atoms with van der Waals surface area (Å²) < 4.78 is 27.9. The van der Waals surface area contributed by atoms with Gasteiger partial charge in [-0.1, -0.05) is 6.42 Å². The Labute approximate surface area is 191 Å². The van der Waals surface area contributed by atoms with E-state index in [0.29, 0.717) is 18.8 Å². The molecule has 0 radical (unpaired) electrons. The number of hydrogen-bond donors (Lipinski definition) is 3. The Kier molecular flexibility index (Phi) is 6.77. The SMILES string of the molecule is O=c1[nH]c(=S)[nH]c(O)c1C=Nc1cc(S(=O)(=O)N2CCCCC2)ccc1N1CCCCC1. The molecular weight excluding hydrogens is 450 g/mol. The van der Waals surface area contributed by atoms with E-state index < -0.39 is 15.6 Å². The quantitative estimate of drug-likeness (QED) is 0.449. The third-order valence-electron chi connectivity index (χ3n) is 5.89. The van der Waals surface area contributed by atoms with E-state index in [9.17, 15) is 18.3 Å². The zero-order valence-electron chi connectivity index (χ0n) is 17.7. The molecule has 3 N–H and O–H groups in total. The highest BCUT2D eigenvalue weighted by molar-refractivity contribution is 7.89. The molecule has 2 fully saturated rings. The highest BCUT2D eigenvalue weighted by Crippen LogP contribution is 2.34. The van der Waals surface area contributed by atoms with E-state index in [1.54, 1.807) is 18.2 Å². The zero-order chi connectivity index (χ0) is 22.7. The van der Waals surface area contributed by atoms with Crippen LogP contribution in [0.1, 0.15) is 44.1 Å². The van der Waals surface area contributed by atoms with Crippen LogP contribution in [0.2, 0.25) is 0 Å². The Balaban J connectivity index is 1.76. The van der Waals surface area contributed by atoms with E-state index >= 15 is 0 Å². The number of sulfonamides is 1. The molecule has 2 aromatic rings. The zero-order valence-corrected chi connectivity index (χ0v) is 19.3. The summed E-state index contributed by atoms with van der Waals surface area (Å²) in [7, 11) is -3.63. The molecular formula is C21H27N5O4S2. The minimum atomic E-state index is -3.63. The topological polar surface area (TPSA) is 122 Å². The van der Waals surface area contributed by atoms with Crippen molar-refractivity contribution in [3.63, 3.8) is 0 Å². The number of aromatic amines is 2. The number of piperidine rings is 2. The number of anilines is 1. The van der Waals surface area contributed by atoms with Crippen LogP contribution in [0.5, 0.6) is 5.88 Å².